The zero-order chi connectivity index (χ0) is 14.6. The molecule has 1 aliphatic rings. The van der Waals surface area contributed by atoms with E-state index in [-0.39, 0.29) is 24.7 Å². The van der Waals surface area contributed by atoms with E-state index in [1.807, 2.05) is 32.0 Å². The zero-order valence-electron chi connectivity index (χ0n) is 12.2. The summed E-state index contributed by atoms with van der Waals surface area (Å²) in [5.74, 6) is 0.643. The molecule has 2 rings (SSSR count). The van der Waals surface area contributed by atoms with Crippen molar-refractivity contribution in [3.63, 3.8) is 0 Å². The van der Waals surface area contributed by atoms with Crippen molar-refractivity contribution in [1.82, 2.24) is 5.32 Å². The Labute approximate surface area is 120 Å². The average Bonchev–Trinajstić information content (AvgIpc) is 2.37. The van der Waals surface area contributed by atoms with Crippen LogP contribution in [-0.4, -0.2) is 29.8 Å². The molecule has 2 N–H and O–H groups in total. The average molecular weight is 277 g/mol. The van der Waals surface area contributed by atoms with Crippen LogP contribution in [0.1, 0.15) is 36.8 Å². The van der Waals surface area contributed by atoms with Crippen LogP contribution in [0.15, 0.2) is 18.2 Å². The summed E-state index contributed by atoms with van der Waals surface area (Å²) in [5.41, 5.74) is 1.94. The number of carbonyl (C=O) groups is 1. The Hall–Kier alpha value is -1.55. The minimum atomic E-state index is -0.198. The fourth-order valence-corrected chi connectivity index (χ4v) is 2.59. The second-order valence-corrected chi connectivity index (χ2v) is 5.71. The molecule has 20 heavy (non-hydrogen) atoms. The Balaban J connectivity index is 1.87. The molecular formula is C16H23NO3. The molecule has 0 spiro atoms. The maximum atomic E-state index is 12.0. The number of hydrogen-bond acceptors (Lipinski definition) is 3. The van der Waals surface area contributed by atoms with Crippen LogP contribution in [0.2, 0.25) is 0 Å². The van der Waals surface area contributed by atoms with Gasteiger partial charge in [-0.25, -0.2) is 0 Å². The van der Waals surface area contributed by atoms with E-state index in [2.05, 4.69) is 5.32 Å². The molecule has 0 radical (unpaired) electrons. The third-order valence-corrected chi connectivity index (χ3v) is 4.01. The molecule has 0 atom stereocenters. The molecule has 4 nitrogen and oxygen atoms in total. The maximum Gasteiger partial charge on any atom is 0.258 e. The first-order valence-electron chi connectivity index (χ1n) is 7.17. The molecular weight excluding hydrogens is 254 g/mol. The van der Waals surface area contributed by atoms with Gasteiger partial charge in [-0.15, -0.1) is 0 Å². The predicted molar refractivity (Wildman–Crippen MR) is 77.8 cm³/mol. The molecule has 110 valence electrons. The summed E-state index contributed by atoms with van der Waals surface area (Å²) < 4.78 is 5.60. The summed E-state index contributed by atoms with van der Waals surface area (Å²) in [6, 6.07) is 5.95. The van der Waals surface area contributed by atoms with E-state index in [1.165, 1.54) is 0 Å². The van der Waals surface area contributed by atoms with Gasteiger partial charge >= 0.3 is 0 Å². The van der Waals surface area contributed by atoms with E-state index in [4.69, 9.17) is 9.84 Å². The zero-order valence-corrected chi connectivity index (χ0v) is 12.2. The van der Waals surface area contributed by atoms with Crippen molar-refractivity contribution in [2.75, 3.05) is 13.2 Å². The molecule has 0 bridgehead atoms. The van der Waals surface area contributed by atoms with E-state index in [0.717, 1.165) is 36.1 Å². The summed E-state index contributed by atoms with van der Waals surface area (Å²) in [5, 5.41) is 12.1. The summed E-state index contributed by atoms with van der Waals surface area (Å²) in [4.78, 5) is 12.0. The predicted octanol–water partition coefficient (Wildman–Crippen LogP) is 2.10. The van der Waals surface area contributed by atoms with Gasteiger partial charge in [-0.05, 0) is 56.7 Å². The van der Waals surface area contributed by atoms with Crippen LogP contribution >= 0.6 is 0 Å². The number of aryl methyl sites for hydroxylation is 2. The fraction of sp³-hybridized carbons (Fsp3) is 0.562. The Bertz CT molecular complexity index is 481. The second-order valence-electron chi connectivity index (χ2n) is 5.71. The number of aliphatic hydroxyl groups is 1. The van der Waals surface area contributed by atoms with Gasteiger partial charge in [0.15, 0.2) is 6.61 Å². The van der Waals surface area contributed by atoms with E-state index < -0.39 is 0 Å². The van der Waals surface area contributed by atoms with Gasteiger partial charge in [0.1, 0.15) is 5.75 Å². The normalized spacial score (nSPS) is 16.4. The summed E-state index contributed by atoms with van der Waals surface area (Å²) in [7, 11) is 0. The van der Waals surface area contributed by atoms with Gasteiger partial charge in [-0.2, -0.15) is 0 Å². The van der Waals surface area contributed by atoms with Gasteiger partial charge in [-0.3, -0.25) is 4.79 Å². The van der Waals surface area contributed by atoms with Gasteiger partial charge in [0.05, 0.1) is 0 Å². The largest absolute Gasteiger partial charge is 0.483 e. The van der Waals surface area contributed by atoms with Crippen LogP contribution in [-0.2, 0) is 4.79 Å². The van der Waals surface area contributed by atoms with Crippen LogP contribution in [0.5, 0.6) is 5.75 Å². The van der Waals surface area contributed by atoms with Crippen molar-refractivity contribution in [2.45, 2.75) is 45.1 Å². The monoisotopic (exact) mass is 277 g/mol. The quantitative estimate of drug-likeness (QED) is 0.837. The first-order chi connectivity index (χ1) is 9.54. The lowest BCUT2D eigenvalue weighted by Gasteiger charge is -2.42. The van der Waals surface area contributed by atoms with E-state index in [0.29, 0.717) is 6.42 Å². The Morgan fingerprint density at radius 1 is 1.40 bits per heavy atom. The van der Waals surface area contributed by atoms with Crippen molar-refractivity contribution >= 4 is 5.91 Å². The summed E-state index contributed by atoms with van der Waals surface area (Å²) >= 11 is 0. The number of amides is 1. The highest BCUT2D eigenvalue weighted by Crippen LogP contribution is 2.34. The minimum absolute atomic E-state index is 0.0253. The number of carbonyl (C=O) groups excluding carboxylic acids is 1. The van der Waals surface area contributed by atoms with Gasteiger partial charge in [0.2, 0.25) is 0 Å². The Morgan fingerprint density at radius 2 is 2.15 bits per heavy atom. The minimum Gasteiger partial charge on any atom is -0.483 e. The molecule has 0 saturated heterocycles. The molecule has 0 unspecified atom stereocenters. The van der Waals surface area contributed by atoms with Crippen LogP contribution in [0.25, 0.3) is 0 Å². The molecule has 0 heterocycles. The first kappa shape index (κ1) is 14.9. The van der Waals surface area contributed by atoms with Crippen molar-refractivity contribution in [3.8, 4) is 5.75 Å². The van der Waals surface area contributed by atoms with Crippen molar-refractivity contribution < 1.29 is 14.6 Å². The standard InChI is InChI=1S/C16H23NO3/c1-12-4-5-13(2)14(10-12)20-11-15(19)17-16(8-9-18)6-3-7-16/h4-5,10,18H,3,6-9,11H2,1-2H3,(H,17,19). The van der Waals surface area contributed by atoms with Gasteiger partial charge in [0.25, 0.3) is 5.91 Å². The topological polar surface area (TPSA) is 58.6 Å². The third-order valence-electron chi connectivity index (χ3n) is 4.01. The molecule has 0 aliphatic heterocycles. The Morgan fingerprint density at radius 3 is 2.75 bits per heavy atom. The lowest BCUT2D eigenvalue weighted by molar-refractivity contribution is -0.126. The number of rotatable bonds is 6. The van der Waals surface area contributed by atoms with Gasteiger partial charge in [-0.1, -0.05) is 12.1 Å². The van der Waals surface area contributed by atoms with E-state index in [9.17, 15) is 4.79 Å². The first-order valence-corrected chi connectivity index (χ1v) is 7.17. The van der Waals surface area contributed by atoms with Crippen molar-refractivity contribution in [3.05, 3.63) is 29.3 Å². The summed E-state index contributed by atoms with van der Waals surface area (Å²) in [6.45, 7) is 4.10. The van der Waals surface area contributed by atoms with Gasteiger partial charge < -0.3 is 15.2 Å². The number of benzene rings is 1. The molecule has 0 aromatic heterocycles. The molecule has 1 fully saturated rings. The molecule has 1 saturated carbocycles. The highest BCUT2D eigenvalue weighted by molar-refractivity contribution is 5.78. The number of ether oxygens (including phenoxy) is 1. The molecule has 4 heteroatoms. The van der Waals surface area contributed by atoms with Crippen LogP contribution in [0, 0.1) is 13.8 Å². The highest BCUT2D eigenvalue weighted by Gasteiger charge is 2.37. The summed E-state index contributed by atoms with van der Waals surface area (Å²) in [6.07, 6.45) is 3.63. The molecule has 1 amide bonds. The molecule has 1 aromatic rings. The van der Waals surface area contributed by atoms with Crippen LogP contribution < -0.4 is 10.1 Å². The smallest absolute Gasteiger partial charge is 0.258 e. The van der Waals surface area contributed by atoms with Gasteiger partial charge in [0, 0.05) is 12.1 Å². The van der Waals surface area contributed by atoms with E-state index >= 15 is 0 Å². The number of aliphatic hydroxyl groups excluding tert-OH is 1. The SMILES string of the molecule is Cc1ccc(C)c(OCC(=O)NC2(CCO)CCC2)c1. The van der Waals surface area contributed by atoms with E-state index in [1.54, 1.807) is 0 Å². The Kier molecular flexibility index (Phi) is 4.65. The molecule has 1 aromatic carbocycles. The lowest BCUT2D eigenvalue weighted by atomic mass is 9.74. The second kappa shape index (κ2) is 6.27. The molecule has 1 aliphatic carbocycles. The lowest BCUT2D eigenvalue weighted by Crippen LogP contribution is -2.55. The third kappa shape index (κ3) is 3.51. The fourth-order valence-electron chi connectivity index (χ4n) is 2.59. The maximum absolute atomic E-state index is 12.0. The van der Waals surface area contributed by atoms with Crippen molar-refractivity contribution in [2.24, 2.45) is 0 Å². The number of nitrogens with one attached hydrogen (secondary N) is 1. The van der Waals surface area contributed by atoms with Crippen LogP contribution in [0.3, 0.4) is 0 Å². The number of hydrogen-bond donors (Lipinski definition) is 2. The van der Waals surface area contributed by atoms with Crippen LogP contribution in [0.4, 0.5) is 0 Å². The highest BCUT2D eigenvalue weighted by atomic mass is 16.5. The van der Waals surface area contributed by atoms with Crippen molar-refractivity contribution in [1.29, 1.82) is 0 Å².